The van der Waals surface area contributed by atoms with E-state index in [2.05, 4.69) is 22.0 Å². The molecule has 0 aliphatic carbocycles. The Morgan fingerprint density at radius 3 is 2.52 bits per heavy atom. The number of methoxy groups -OCH3 is 1. The van der Waals surface area contributed by atoms with Crippen LogP contribution in [0.15, 0.2) is 46.9 Å². The lowest BCUT2D eigenvalue weighted by Gasteiger charge is -2.10. The summed E-state index contributed by atoms with van der Waals surface area (Å²) in [6, 6.07) is 14.7. The molecule has 0 aliphatic heterocycles. The van der Waals surface area contributed by atoms with Gasteiger partial charge in [-0.25, -0.2) is 0 Å². The SMILES string of the molecule is COc1cccc(OCCOc2ccc(C#N)cc2Br)c1. The van der Waals surface area contributed by atoms with Crippen LogP contribution in [0.1, 0.15) is 5.56 Å². The number of rotatable bonds is 6. The molecule has 0 N–H and O–H groups in total. The average Bonchev–Trinajstić information content (AvgIpc) is 2.52. The van der Waals surface area contributed by atoms with Gasteiger partial charge in [-0.1, -0.05) is 6.07 Å². The Balaban J connectivity index is 1.83. The van der Waals surface area contributed by atoms with Crippen molar-refractivity contribution >= 4 is 15.9 Å². The van der Waals surface area contributed by atoms with Gasteiger partial charge in [-0.2, -0.15) is 5.26 Å². The highest BCUT2D eigenvalue weighted by Crippen LogP contribution is 2.25. The molecule has 0 unspecified atom stereocenters. The fraction of sp³-hybridized carbons (Fsp3) is 0.188. The monoisotopic (exact) mass is 347 g/mol. The van der Waals surface area contributed by atoms with Gasteiger partial charge in [0.25, 0.3) is 0 Å². The van der Waals surface area contributed by atoms with Crippen LogP contribution in [0.25, 0.3) is 0 Å². The van der Waals surface area contributed by atoms with Crippen molar-refractivity contribution in [2.24, 2.45) is 0 Å². The Bertz CT molecular complexity index is 652. The van der Waals surface area contributed by atoms with Crippen molar-refractivity contribution in [3.05, 3.63) is 52.5 Å². The van der Waals surface area contributed by atoms with Gasteiger partial charge in [0.05, 0.1) is 23.2 Å². The van der Waals surface area contributed by atoms with Crippen molar-refractivity contribution < 1.29 is 14.2 Å². The minimum absolute atomic E-state index is 0.404. The Morgan fingerprint density at radius 2 is 1.81 bits per heavy atom. The fourth-order valence-electron chi connectivity index (χ4n) is 1.69. The molecule has 108 valence electrons. The first-order chi connectivity index (χ1) is 10.2. The first-order valence-corrected chi connectivity index (χ1v) is 7.11. The van der Waals surface area contributed by atoms with Crippen molar-refractivity contribution in [2.45, 2.75) is 0 Å². The number of nitriles is 1. The Labute approximate surface area is 132 Å². The summed E-state index contributed by atoms with van der Waals surface area (Å²) in [5.41, 5.74) is 0.585. The summed E-state index contributed by atoms with van der Waals surface area (Å²) in [5.74, 6) is 2.17. The molecule has 21 heavy (non-hydrogen) atoms. The van der Waals surface area contributed by atoms with Gasteiger partial charge in [0.1, 0.15) is 30.5 Å². The lowest BCUT2D eigenvalue weighted by Crippen LogP contribution is -2.09. The van der Waals surface area contributed by atoms with Crippen LogP contribution in [-0.4, -0.2) is 20.3 Å². The lowest BCUT2D eigenvalue weighted by molar-refractivity contribution is 0.216. The second-order valence-electron chi connectivity index (χ2n) is 4.13. The van der Waals surface area contributed by atoms with Crippen molar-refractivity contribution in [2.75, 3.05) is 20.3 Å². The van der Waals surface area contributed by atoms with E-state index in [4.69, 9.17) is 19.5 Å². The molecule has 0 heterocycles. The summed E-state index contributed by atoms with van der Waals surface area (Å²) in [6.07, 6.45) is 0. The standard InChI is InChI=1S/C16H14BrNO3/c1-19-13-3-2-4-14(10-13)20-7-8-21-16-6-5-12(11-18)9-15(16)17/h2-6,9-10H,7-8H2,1H3. The number of hydrogen-bond donors (Lipinski definition) is 0. The number of benzene rings is 2. The first-order valence-electron chi connectivity index (χ1n) is 6.32. The molecule has 0 aromatic heterocycles. The van der Waals surface area contributed by atoms with Gasteiger partial charge in [-0.15, -0.1) is 0 Å². The molecular weight excluding hydrogens is 334 g/mol. The van der Waals surface area contributed by atoms with E-state index in [1.54, 1.807) is 25.3 Å². The molecular formula is C16H14BrNO3. The van der Waals surface area contributed by atoms with Crippen molar-refractivity contribution in [1.82, 2.24) is 0 Å². The molecule has 0 saturated carbocycles. The Hall–Kier alpha value is -2.19. The zero-order valence-corrected chi connectivity index (χ0v) is 13.1. The van der Waals surface area contributed by atoms with Gasteiger partial charge >= 0.3 is 0 Å². The van der Waals surface area contributed by atoms with Crippen LogP contribution in [0, 0.1) is 11.3 Å². The molecule has 0 aliphatic rings. The molecule has 5 heteroatoms. The lowest BCUT2D eigenvalue weighted by atomic mass is 10.2. The quantitative estimate of drug-likeness (QED) is 0.746. The van der Waals surface area contributed by atoms with Crippen LogP contribution in [-0.2, 0) is 0 Å². The predicted octanol–water partition coefficient (Wildman–Crippen LogP) is 3.79. The average molecular weight is 348 g/mol. The largest absolute Gasteiger partial charge is 0.497 e. The van der Waals surface area contributed by atoms with E-state index in [0.29, 0.717) is 24.5 Å². The van der Waals surface area contributed by atoms with Crippen molar-refractivity contribution in [3.8, 4) is 23.3 Å². The van der Waals surface area contributed by atoms with Gasteiger partial charge in [-0.3, -0.25) is 0 Å². The molecule has 0 bridgehead atoms. The maximum Gasteiger partial charge on any atom is 0.133 e. The zero-order valence-electron chi connectivity index (χ0n) is 11.5. The molecule has 4 nitrogen and oxygen atoms in total. The van der Waals surface area contributed by atoms with E-state index in [0.717, 1.165) is 16.0 Å². The second kappa shape index (κ2) is 7.55. The highest BCUT2D eigenvalue weighted by Gasteiger charge is 2.03. The summed E-state index contributed by atoms with van der Waals surface area (Å²) in [7, 11) is 1.62. The third-order valence-electron chi connectivity index (χ3n) is 2.71. The molecule has 0 saturated heterocycles. The van der Waals surface area contributed by atoms with Crippen LogP contribution >= 0.6 is 15.9 Å². The topological polar surface area (TPSA) is 51.5 Å². The maximum atomic E-state index is 8.79. The van der Waals surface area contributed by atoms with E-state index in [1.165, 1.54) is 0 Å². The van der Waals surface area contributed by atoms with Crippen LogP contribution < -0.4 is 14.2 Å². The predicted molar refractivity (Wildman–Crippen MR) is 82.8 cm³/mol. The molecule has 0 fully saturated rings. The highest BCUT2D eigenvalue weighted by atomic mass is 79.9. The third kappa shape index (κ3) is 4.40. The minimum Gasteiger partial charge on any atom is -0.497 e. The van der Waals surface area contributed by atoms with Crippen LogP contribution in [0.4, 0.5) is 0 Å². The molecule has 2 aromatic rings. The summed E-state index contributed by atoms with van der Waals surface area (Å²) in [6.45, 7) is 0.821. The van der Waals surface area contributed by atoms with Gasteiger partial charge < -0.3 is 14.2 Å². The van der Waals surface area contributed by atoms with Gasteiger partial charge in [0, 0.05) is 6.07 Å². The van der Waals surface area contributed by atoms with Gasteiger partial charge in [0.2, 0.25) is 0 Å². The van der Waals surface area contributed by atoms with Crippen molar-refractivity contribution in [3.63, 3.8) is 0 Å². The minimum atomic E-state index is 0.404. The zero-order chi connectivity index (χ0) is 15.1. The maximum absolute atomic E-state index is 8.79. The van der Waals surface area contributed by atoms with E-state index in [-0.39, 0.29) is 0 Å². The highest BCUT2D eigenvalue weighted by molar-refractivity contribution is 9.10. The van der Waals surface area contributed by atoms with Crippen LogP contribution in [0.3, 0.4) is 0 Å². The molecule has 2 rings (SSSR count). The van der Waals surface area contributed by atoms with Crippen LogP contribution in [0.2, 0.25) is 0 Å². The van der Waals surface area contributed by atoms with E-state index in [9.17, 15) is 0 Å². The Kier molecular flexibility index (Phi) is 5.47. The number of ether oxygens (including phenoxy) is 3. The summed E-state index contributed by atoms with van der Waals surface area (Å²) >= 11 is 3.37. The fourth-order valence-corrected chi connectivity index (χ4v) is 2.18. The smallest absolute Gasteiger partial charge is 0.133 e. The number of hydrogen-bond acceptors (Lipinski definition) is 4. The van der Waals surface area contributed by atoms with Crippen LogP contribution in [0.5, 0.6) is 17.2 Å². The molecule has 0 amide bonds. The summed E-state index contributed by atoms with van der Waals surface area (Å²) in [5, 5.41) is 8.79. The molecule has 0 atom stereocenters. The van der Waals surface area contributed by atoms with Gasteiger partial charge in [-0.05, 0) is 46.3 Å². The first kappa shape index (κ1) is 15.2. The third-order valence-corrected chi connectivity index (χ3v) is 3.33. The summed E-state index contributed by atoms with van der Waals surface area (Å²) < 4.78 is 17.1. The van der Waals surface area contributed by atoms with Crippen molar-refractivity contribution in [1.29, 1.82) is 5.26 Å². The second-order valence-corrected chi connectivity index (χ2v) is 4.99. The molecule has 2 aromatic carbocycles. The number of nitrogens with zero attached hydrogens (tertiary/aromatic N) is 1. The van der Waals surface area contributed by atoms with E-state index < -0.39 is 0 Å². The molecule has 0 radical (unpaired) electrons. The summed E-state index contributed by atoms with van der Waals surface area (Å²) in [4.78, 5) is 0. The normalized spacial score (nSPS) is 9.76. The number of halogens is 1. The van der Waals surface area contributed by atoms with Gasteiger partial charge in [0.15, 0.2) is 0 Å². The Morgan fingerprint density at radius 1 is 1.05 bits per heavy atom. The molecule has 0 spiro atoms. The van der Waals surface area contributed by atoms with E-state index in [1.807, 2.05) is 24.3 Å². The van der Waals surface area contributed by atoms with E-state index >= 15 is 0 Å².